The number of amides is 1. The second kappa shape index (κ2) is 10.3. The number of methoxy groups -OCH3 is 1. The lowest BCUT2D eigenvalue weighted by molar-refractivity contribution is -0.115. The molecule has 1 amide bonds. The third kappa shape index (κ3) is 5.72. The van der Waals surface area contributed by atoms with Crippen LogP contribution in [0.5, 0.6) is 11.5 Å². The van der Waals surface area contributed by atoms with E-state index in [2.05, 4.69) is 42.2 Å². The van der Waals surface area contributed by atoms with Crippen LogP contribution in [0.1, 0.15) is 5.56 Å². The fourth-order valence-corrected chi connectivity index (χ4v) is 6.32. The van der Waals surface area contributed by atoms with Crippen LogP contribution in [0.3, 0.4) is 0 Å². The van der Waals surface area contributed by atoms with Gasteiger partial charge in [0.05, 0.1) is 26.6 Å². The average Bonchev–Trinajstić information content (AvgIpc) is 3.15. The molecule has 34 heavy (non-hydrogen) atoms. The number of rotatable bonds is 6. The third-order valence-corrected chi connectivity index (χ3v) is 7.82. The van der Waals surface area contributed by atoms with Gasteiger partial charge in [-0.1, -0.05) is 18.2 Å². The van der Waals surface area contributed by atoms with Crippen LogP contribution < -0.4 is 14.2 Å². The third-order valence-electron chi connectivity index (χ3n) is 4.50. The van der Waals surface area contributed by atoms with Crippen molar-refractivity contribution in [1.29, 1.82) is 0 Å². The van der Waals surface area contributed by atoms with Gasteiger partial charge in [0.1, 0.15) is 10.6 Å². The van der Waals surface area contributed by atoms with Crippen LogP contribution in [0.15, 0.2) is 90.5 Å². The molecule has 1 saturated heterocycles. The van der Waals surface area contributed by atoms with Gasteiger partial charge in [0.15, 0.2) is 10.9 Å². The number of carbonyl (C=O) groups excluding carboxylic acids is 1. The van der Waals surface area contributed by atoms with Gasteiger partial charge in [0, 0.05) is 0 Å². The van der Waals surface area contributed by atoms with Crippen LogP contribution in [0.25, 0.3) is 6.08 Å². The summed E-state index contributed by atoms with van der Waals surface area (Å²) in [6.45, 7) is 0. The molecule has 11 heteroatoms. The molecule has 3 aromatic carbocycles. The van der Waals surface area contributed by atoms with Crippen LogP contribution in [-0.4, -0.2) is 26.6 Å². The van der Waals surface area contributed by atoms with Gasteiger partial charge in [0.2, 0.25) is 0 Å². The second-order valence-electron chi connectivity index (χ2n) is 6.84. The summed E-state index contributed by atoms with van der Waals surface area (Å²) >= 11 is 7.93. The van der Waals surface area contributed by atoms with Gasteiger partial charge < -0.3 is 14.2 Å². The minimum absolute atomic E-state index is 0.0442. The number of aliphatic imine (C=N–C) groups is 1. The molecule has 0 aromatic heterocycles. The molecule has 1 fully saturated rings. The average molecular weight is 624 g/mol. The van der Waals surface area contributed by atoms with Crippen molar-refractivity contribution in [1.82, 2.24) is 5.32 Å². The van der Waals surface area contributed by atoms with Crippen molar-refractivity contribution < 1.29 is 22.1 Å². The zero-order valence-electron chi connectivity index (χ0n) is 17.5. The highest BCUT2D eigenvalue weighted by atomic mass is 79.9. The number of carbonyl (C=O) groups is 1. The first-order valence-corrected chi connectivity index (χ1v) is 13.5. The van der Waals surface area contributed by atoms with Crippen molar-refractivity contribution in [2.24, 2.45) is 4.99 Å². The van der Waals surface area contributed by atoms with E-state index in [-0.39, 0.29) is 16.6 Å². The lowest BCUT2D eigenvalue weighted by Crippen LogP contribution is -2.19. The molecule has 0 radical (unpaired) electrons. The van der Waals surface area contributed by atoms with Crippen LogP contribution >= 0.6 is 43.6 Å². The maximum absolute atomic E-state index is 12.6. The number of halogens is 2. The number of nitrogens with zero attached hydrogens (tertiary/aromatic N) is 1. The highest BCUT2D eigenvalue weighted by Gasteiger charge is 2.25. The summed E-state index contributed by atoms with van der Waals surface area (Å²) in [6, 6.07) is 18.3. The van der Waals surface area contributed by atoms with E-state index < -0.39 is 10.1 Å². The fraction of sp³-hybridized carbons (Fsp3) is 0.0435. The summed E-state index contributed by atoms with van der Waals surface area (Å²) in [6.07, 6.45) is 1.68. The molecular formula is C23H16Br2N2O5S2. The van der Waals surface area contributed by atoms with Crippen molar-refractivity contribution >= 4 is 76.6 Å². The highest BCUT2D eigenvalue weighted by Crippen LogP contribution is 2.38. The molecule has 1 heterocycles. The molecule has 7 nitrogen and oxygen atoms in total. The van der Waals surface area contributed by atoms with E-state index >= 15 is 0 Å². The summed E-state index contributed by atoms with van der Waals surface area (Å²) in [5.41, 5.74) is 1.34. The minimum Gasteiger partial charge on any atom is -0.497 e. The van der Waals surface area contributed by atoms with Gasteiger partial charge in [-0.15, -0.1) is 0 Å². The molecule has 0 aliphatic carbocycles. The van der Waals surface area contributed by atoms with Gasteiger partial charge in [0.25, 0.3) is 5.91 Å². The van der Waals surface area contributed by atoms with Gasteiger partial charge in [-0.2, -0.15) is 8.42 Å². The minimum atomic E-state index is -4.01. The second-order valence-corrected chi connectivity index (χ2v) is 11.1. The zero-order chi connectivity index (χ0) is 24.3. The number of benzene rings is 3. The van der Waals surface area contributed by atoms with Gasteiger partial charge in [-0.05, 0) is 104 Å². The summed E-state index contributed by atoms with van der Waals surface area (Å²) in [5.74, 6) is 0.542. The summed E-state index contributed by atoms with van der Waals surface area (Å²) in [7, 11) is -2.43. The molecule has 0 unspecified atom stereocenters. The van der Waals surface area contributed by atoms with Crippen molar-refractivity contribution in [2.45, 2.75) is 4.90 Å². The topological polar surface area (TPSA) is 94.1 Å². The van der Waals surface area contributed by atoms with Crippen molar-refractivity contribution in [3.63, 3.8) is 0 Å². The predicted octanol–water partition coefficient (Wildman–Crippen LogP) is 5.88. The van der Waals surface area contributed by atoms with Crippen molar-refractivity contribution in [3.8, 4) is 11.5 Å². The van der Waals surface area contributed by atoms with E-state index in [1.165, 1.54) is 23.9 Å². The van der Waals surface area contributed by atoms with Crippen LogP contribution in [0, 0.1) is 0 Å². The lowest BCUT2D eigenvalue weighted by Gasteiger charge is -2.11. The lowest BCUT2D eigenvalue weighted by atomic mass is 10.2. The molecule has 1 aliphatic heterocycles. The van der Waals surface area contributed by atoms with Crippen molar-refractivity contribution in [3.05, 3.63) is 86.1 Å². The predicted molar refractivity (Wildman–Crippen MR) is 140 cm³/mol. The number of hydrogen-bond acceptors (Lipinski definition) is 7. The summed E-state index contributed by atoms with van der Waals surface area (Å²) in [5, 5.41) is 3.19. The fourth-order valence-electron chi connectivity index (χ4n) is 2.89. The first-order valence-electron chi connectivity index (χ1n) is 9.67. The maximum atomic E-state index is 12.6. The number of amidine groups is 1. The normalized spacial score (nSPS) is 16.0. The standard InChI is InChI=1S/C23H16Br2N2O5S2/c1-31-16-9-7-15(8-10-16)26-23-27-22(28)20(33-23)13-14-11-18(24)21(19(25)12-14)32-34(29,30)17-5-3-2-4-6-17/h2-13H,1H3,(H,26,27,28)/b20-13-. The number of hydrogen-bond donors (Lipinski definition) is 1. The first-order chi connectivity index (χ1) is 16.2. The largest absolute Gasteiger partial charge is 0.497 e. The Morgan fingerprint density at radius 2 is 1.65 bits per heavy atom. The number of thioether (sulfide) groups is 1. The SMILES string of the molecule is COc1ccc(N=C2NC(=O)/C(=C/c3cc(Br)c(OS(=O)(=O)c4ccccc4)c(Br)c3)S2)cc1. The molecule has 0 saturated carbocycles. The van der Waals surface area contributed by atoms with E-state index in [9.17, 15) is 13.2 Å². The van der Waals surface area contributed by atoms with E-state index in [4.69, 9.17) is 8.92 Å². The zero-order valence-corrected chi connectivity index (χ0v) is 22.3. The van der Waals surface area contributed by atoms with Crippen LogP contribution in [-0.2, 0) is 14.9 Å². The molecule has 1 aliphatic rings. The molecule has 1 N–H and O–H groups in total. The molecular weight excluding hydrogens is 608 g/mol. The Morgan fingerprint density at radius 3 is 2.26 bits per heavy atom. The summed E-state index contributed by atoms with van der Waals surface area (Å²) < 4.78 is 36.5. The first kappa shape index (κ1) is 24.5. The van der Waals surface area contributed by atoms with E-state index in [1.807, 2.05) is 0 Å². The molecule has 4 rings (SSSR count). The van der Waals surface area contributed by atoms with E-state index in [0.29, 0.717) is 36.0 Å². The molecule has 0 spiro atoms. The van der Waals surface area contributed by atoms with Crippen LogP contribution in [0.4, 0.5) is 5.69 Å². The van der Waals surface area contributed by atoms with Gasteiger partial charge >= 0.3 is 10.1 Å². The van der Waals surface area contributed by atoms with E-state index in [1.54, 1.807) is 67.8 Å². The monoisotopic (exact) mass is 622 g/mol. The Kier molecular flexibility index (Phi) is 7.46. The molecule has 0 atom stereocenters. The van der Waals surface area contributed by atoms with Crippen LogP contribution in [0.2, 0.25) is 0 Å². The van der Waals surface area contributed by atoms with E-state index in [0.717, 1.165) is 0 Å². The Balaban J connectivity index is 1.55. The highest BCUT2D eigenvalue weighted by molar-refractivity contribution is 9.11. The Morgan fingerprint density at radius 1 is 1.00 bits per heavy atom. The summed E-state index contributed by atoms with van der Waals surface area (Å²) in [4.78, 5) is 17.4. The van der Waals surface area contributed by atoms with Crippen molar-refractivity contribution in [2.75, 3.05) is 7.11 Å². The quantitative estimate of drug-likeness (QED) is 0.272. The Labute approximate surface area is 217 Å². The number of nitrogens with one attached hydrogen (secondary N) is 1. The Bertz CT molecular complexity index is 1380. The number of ether oxygens (including phenoxy) is 1. The maximum Gasteiger partial charge on any atom is 0.339 e. The van der Waals surface area contributed by atoms with Gasteiger partial charge in [-0.25, -0.2) is 4.99 Å². The molecule has 3 aromatic rings. The Hall–Kier alpha value is -2.60. The molecule has 174 valence electrons. The molecule has 0 bridgehead atoms. The van der Waals surface area contributed by atoms with Gasteiger partial charge in [-0.3, -0.25) is 4.79 Å². The smallest absolute Gasteiger partial charge is 0.339 e.